The second-order valence-electron chi connectivity index (χ2n) is 5.67. The summed E-state index contributed by atoms with van der Waals surface area (Å²) in [6.07, 6.45) is 1.67. The quantitative estimate of drug-likeness (QED) is 0.781. The first-order valence-corrected chi connectivity index (χ1v) is 7.50. The van der Waals surface area contributed by atoms with Crippen molar-refractivity contribution in [1.82, 2.24) is 0 Å². The largest absolute Gasteiger partial charge is 0.640 e. The Morgan fingerprint density at radius 3 is 2.80 bits per heavy atom. The number of benzene rings is 1. The molecule has 0 aromatic heterocycles. The summed E-state index contributed by atoms with van der Waals surface area (Å²) in [7, 11) is -0.611. The number of hydrogen-bond acceptors (Lipinski definition) is 3. The van der Waals surface area contributed by atoms with E-state index in [0.29, 0.717) is 23.1 Å². The van der Waals surface area contributed by atoms with Gasteiger partial charge in [-0.15, -0.1) is 0 Å². The van der Waals surface area contributed by atoms with Crippen LogP contribution in [-0.4, -0.2) is 25.6 Å². The summed E-state index contributed by atoms with van der Waals surface area (Å²) < 4.78 is 17.0. The molecule has 0 saturated carbocycles. The van der Waals surface area contributed by atoms with Crippen LogP contribution in [0.15, 0.2) is 18.2 Å². The van der Waals surface area contributed by atoms with E-state index < -0.39 is 7.32 Å². The van der Waals surface area contributed by atoms with E-state index >= 15 is 0 Å². The zero-order valence-corrected chi connectivity index (χ0v) is 13.5. The maximum Gasteiger partial charge on any atom is 0.640 e. The fourth-order valence-corrected chi connectivity index (χ4v) is 2.83. The van der Waals surface area contributed by atoms with Gasteiger partial charge in [-0.1, -0.05) is 29.3 Å². The van der Waals surface area contributed by atoms with Crippen molar-refractivity contribution in [2.24, 2.45) is 0 Å². The third-order valence-corrected chi connectivity index (χ3v) is 3.77. The van der Waals surface area contributed by atoms with Crippen molar-refractivity contribution in [2.75, 3.05) is 6.61 Å². The van der Waals surface area contributed by atoms with Gasteiger partial charge in [0.05, 0.1) is 5.60 Å². The molecule has 6 heteroatoms. The number of halogens is 2. The van der Waals surface area contributed by atoms with Gasteiger partial charge in [0.15, 0.2) is 0 Å². The molecule has 1 fully saturated rings. The molecule has 0 spiro atoms. The molecule has 1 aromatic rings. The molecule has 0 bridgehead atoms. The lowest BCUT2D eigenvalue weighted by Crippen LogP contribution is -2.47. The lowest BCUT2D eigenvalue weighted by atomic mass is 9.95. The topological polar surface area (TPSA) is 27.7 Å². The SMILES string of the molecule is C[C@H]1CC(C)(C)OB(OCCc2ccc(Cl)cc2Cl)O1. The predicted octanol–water partition coefficient (Wildman–Crippen LogP) is 4.14. The Kier molecular flexibility index (Phi) is 5.38. The Labute approximate surface area is 130 Å². The summed E-state index contributed by atoms with van der Waals surface area (Å²) in [5, 5.41) is 1.29. The Balaban J connectivity index is 1.83. The molecule has 1 atom stereocenters. The highest BCUT2D eigenvalue weighted by Gasteiger charge is 2.38. The Morgan fingerprint density at radius 2 is 2.15 bits per heavy atom. The zero-order chi connectivity index (χ0) is 14.8. The van der Waals surface area contributed by atoms with Gasteiger partial charge < -0.3 is 14.0 Å². The monoisotopic (exact) mass is 316 g/mol. The van der Waals surface area contributed by atoms with Crippen LogP contribution in [0.3, 0.4) is 0 Å². The summed E-state index contributed by atoms with van der Waals surface area (Å²) in [6.45, 7) is 6.59. The maximum atomic E-state index is 6.12. The molecule has 1 aromatic carbocycles. The van der Waals surface area contributed by atoms with Crippen LogP contribution in [0.4, 0.5) is 0 Å². The van der Waals surface area contributed by atoms with Crippen molar-refractivity contribution in [3.63, 3.8) is 0 Å². The average molecular weight is 317 g/mol. The summed E-state index contributed by atoms with van der Waals surface area (Å²) in [5.41, 5.74) is 0.777. The van der Waals surface area contributed by atoms with Crippen LogP contribution in [0.1, 0.15) is 32.8 Å². The highest BCUT2D eigenvalue weighted by Crippen LogP contribution is 2.26. The number of rotatable bonds is 4. The van der Waals surface area contributed by atoms with Crippen molar-refractivity contribution in [2.45, 2.75) is 45.3 Å². The van der Waals surface area contributed by atoms with Crippen LogP contribution < -0.4 is 0 Å². The van der Waals surface area contributed by atoms with Crippen LogP contribution in [0, 0.1) is 0 Å². The first-order chi connectivity index (χ1) is 9.35. The van der Waals surface area contributed by atoms with Crippen molar-refractivity contribution in [1.29, 1.82) is 0 Å². The molecule has 0 aliphatic carbocycles. The lowest BCUT2D eigenvalue weighted by molar-refractivity contribution is -0.0686. The number of hydrogen-bond donors (Lipinski definition) is 0. The first kappa shape index (κ1) is 16.1. The summed E-state index contributed by atoms with van der Waals surface area (Å²) in [6, 6.07) is 5.46. The molecule has 110 valence electrons. The second kappa shape index (κ2) is 6.67. The molecule has 2 rings (SSSR count). The van der Waals surface area contributed by atoms with Gasteiger partial charge in [0.25, 0.3) is 0 Å². The van der Waals surface area contributed by atoms with E-state index in [0.717, 1.165) is 12.0 Å². The fraction of sp³-hybridized carbons (Fsp3) is 0.571. The minimum atomic E-state index is -0.611. The average Bonchev–Trinajstić information content (AvgIpc) is 2.29. The smallest absolute Gasteiger partial charge is 0.386 e. The molecule has 1 saturated heterocycles. The third-order valence-electron chi connectivity index (χ3n) is 3.18. The molecule has 0 radical (unpaired) electrons. The molecule has 0 unspecified atom stereocenters. The van der Waals surface area contributed by atoms with E-state index in [-0.39, 0.29) is 11.7 Å². The third kappa shape index (κ3) is 4.64. The van der Waals surface area contributed by atoms with Gasteiger partial charge >= 0.3 is 7.32 Å². The molecule has 0 N–H and O–H groups in total. The normalized spacial score (nSPS) is 22.1. The van der Waals surface area contributed by atoms with E-state index in [4.69, 9.17) is 37.2 Å². The highest BCUT2D eigenvalue weighted by molar-refractivity contribution is 6.37. The summed E-state index contributed by atoms with van der Waals surface area (Å²) >= 11 is 12.0. The lowest BCUT2D eigenvalue weighted by Gasteiger charge is -2.37. The fourth-order valence-electron chi connectivity index (χ4n) is 2.33. The minimum absolute atomic E-state index is 0.128. The predicted molar refractivity (Wildman–Crippen MR) is 82.2 cm³/mol. The van der Waals surface area contributed by atoms with E-state index in [1.54, 1.807) is 6.07 Å². The van der Waals surface area contributed by atoms with Crippen molar-refractivity contribution in [3.05, 3.63) is 33.8 Å². The van der Waals surface area contributed by atoms with Crippen LogP contribution in [-0.2, 0) is 20.4 Å². The van der Waals surface area contributed by atoms with Crippen molar-refractivity contribution >= 4 is 30.5 Å². The van der Waals surface area contributed by atoms with Gasteiger partial charge in [-0.2, -0.15) is 0 Å². The molecule has 3 nitrogen and oxygen atoms in total. The molecular weight excluding hydrogens is 298 g/mol. The summed E-state index contributed by atoms with van der Waals surface area (Å²) in [5.74, 6) is 0. The second-order valence-corrected chi connectivity index (χ2v) is 6.52. The van der Waals surface area contributed by atoms with E-state index in [1.165, 1.54) is 0 Å². The van der Waals surface area contributed by atoms with Gasteiger partial charge in [0, 0.05) is 22.8 Å². The standard InChI is InChI=1S/C14H19BCl2O3/c1-10-9-14(2,3)20-15(19-10)18-7-6-11-4-5-12(16)8-13(11)17/h4-5,8,10H,6-7,9H2,1-3H3/t10-/m0/s1. The van der Waals surface area contributed by atoms with Gasteiger partial charge in [0.2, 0.25) is 0 Å². The molecule has 0 amide bonds. The molecule has 1 heterocycles. The van der Waals surface area contributed by atoms with Crippen LogP contribution in [0.2, 0.25) is 10.0 Å². The van der Waals surface area contributed by atoms with Gasteiger partial charge in [0.1, 0.15) is 0 Å². The molecular formula is C14H19BCl2O3. The maximum absolute atomic E-state index is 6.12. The van der Waals surface area contributed by atoms with Crippen LogP contribution in [0.25, 0.3) is 0 Å². The van der Waals surface area contributed by atoms with Crippen LogP contribution >= 0.6 is 23.2 Å². The van der Waals surface area contributed by atoms with E-state index in [9.17, 15) is 0 Å². The molecule has 1 aliphatic heterocycles. The van der Waals surface area contributed by atoms with Gasteiger partial charge in [-0.05, 0) is 51.3 Å². The minimum Gasteiger partial charge on any atom is -0.386 e. The Bertz CT molecular complexity index is 468. The van der Waals surface area contributed by atoms with Crippen molar-refractivity contribution < 1.29 is 14.0 Å². The van der Waals surface area contributed by atoms with Gasteiger partial charge in [-0.25, -0.2) is 0 Å². The Hall–Kier alpha value is -0.255. The first-order valence-electron chi connectivity index (χ1n) is 6.74. The molecule has 20 heavy (non-hydrogen) atoms. The van der Waals surface area contributed by atoms with E-state index in [1.807, 2.05) is 32.9 Å². The van der Waals surface area contributed by atoms with E-state index in [2.05, 4.69) is 0 Å². The zero-order valence-electron chi connectivity index (χ0n) is 12.0. The summed E-state index contributed by atoms with van der Waals surface area (Å²) in [4.78, 5) is 0. The van der Waals surface area contributed by atoms with Gasteiger partial charge in [-0.3, -0.25) is 0 Å². The Morgan fingerprint density at radius 1 is 1.40 bits per heavy atom. The van der Waals surface area contributed by atoms with Crippen LogP contribution in [0.5, 0.6) is 0 Å². The molecule has 1 aliphatic rings. The highest BCUT2D eigenvalue weighted by atomic mass is 35.5. The van der Waals surface area contributed by atoms with Crippen molar-refractivity contribution in [3.8, 4) is 0 Å².